The van der Waals surface area contributed by atoms with Crippen LogP contribution in [0.25, 0.3) is 0 Å². The van der Waals surface area contributed by atoms with Gasteiger partial charge < -0.3 is 15.4 Å². The lowest BCUT2D eigenvalue weighted by atomic mass is 9.94. The third-order valence-corrected chi connectivity index (χ3v) is 3.41. The molecule has 0 spiro atoms. The maximum Gasteiger partial charge on any atom is 0.0894 e. The second-order valence-corrected chi connectivity index (χ2v) is 4.74. The van der Waals surface area contributed by atoms with Crippen molar-refractivity contribution in [2.24, 2.45) is 0 Å². The van der Waals surface area contributed by atoms with Crippen LogP contribution in [0.5, 0.6) is 0 Å². The highest BCUT2D eigenvalue weighted by Gasteiger charge is 2.25. The van der Waals surface area contributed by atoms with Crippen LogP contribution in [-0.4, -0.2) is 32.8 Å². The molecule has 94 valence electrons. The minimum atomic E-state index is 0.217. The smallest absolute Gasteiger partial charge is 0.0894 e. The number of morpholine rings is 1. The van der Waals surface area contributed by atoms with Gasteiger partial charge in [0.05, 0.1) is 18.8 Å². The first-order valence-corrected chi connectivity index (χ1v) is 6.29. The van der Waals surface area contributed by atoms with Crippen molar-refractivity contribution >= 4 is 0 Å². The molecule has 1 aromatic rings. The van der Waals surface area contributed by atoms with E-state index >= 15 is 0 Å². The molecule has 0 radical (unpaired) electrons. The number of ether oxygens (including phenoxy) is 1. The molecule has 0 saturated carbocycles. The average Bonchev–Trinajstić information content (AvgIpc) is 2.36. The molecule has 1 aliphatic heterocycles. The van der Waals surface area contributed by atoms with Crippen LogP contribution in [0.1, 0.15) is 22.7 Å². The van der Waals surface area contributed by atoms with Gasteiger partial charge in [-0.2, -0.15) is 0 Å². The molecular weight excluding hydrogens is 212 g/mol. The normalized spacial score (nSPS) is 22.4. The fraction of sp³-hybridized carbons (Fsp3) is 0.571. The molecule has 1 aromatic carbocycles. The second-order valence-electron chi connectivity index (χ2n) is 4.74. The number of hydrogen-bond donors (Lipinski definition) is 2. The van der Waals surface area contributed by atoms with Crippen molar-refractivity contribution in [2.75, 3.05) is 26.7 Å². The summed E-state index contributed by atoms with van der Waals surface area (Å²) < 4.78 is 5.86. The van der Waals surface area contributed by atoms with Crippen molar-refractivity contribution in [1.29, 1.82) is 0 Å². The minimum Gasteiger partial charge on any atom is -0.374 e. The molecule has 1 aliphatic rings. The van der Waals surface area contributed by atoms with E-state index in [0.717, 1.165) is 19.7 Å². The highest BCUT2D eigenvalue weighted by molar-refractivity contribution is 5.33. The van der Waals surface area contributed by atoms with Gasteiger partial charge >= 0.3 is 0 Å². The van der Waals surface area contributed by atoms with Crippen molar-refractivity contribution in [3.8, 4) is 0 Å². The molecule has 0 aliphatic carbocycles. The van der Waals surface area contributed by atoms with Gasteiger partial charge in [0.25, 0.3) is 0 Å². The topological polar surface area (TPSA) is 33.3 Å². The van der Waals surface area contributed by atoms with Gasteiger partial charge in [-0.25, -0.2) is 0 Å². The van der Waals surface area contributed by atoms with Crippen LogP contribution in [0, 0.1) is 13.8 Å². The van der Waals surface area contributed by atoms with Gasteiger partial charge in [0.15, 0.2) is 0 Å². The van der Waals surface area contributed by atoms with Crippen molar-refractivity contribution in [1.82, 2.24) is 10.6 Å². The summed E-state index contributed by atoms with van der Waals surface area (Å²) >= 11 is 0. The zero-order valence-electron chi connectivity index (χ0n) is 10.9. The quantitative estimate of drug-likeness (QED) is 0.832. The van der Waals surface area contributed by atoms with Gasteiger partial charge in [-0.05, 0) is 32.0 Å². The Bertz CT molecular complexity index is 372. The molecule has 0 amide bonds. The van der Waals surface area contributed by atoms with Crippen LogP contribution in [0.3, 0.4) is 0 Å². The zero-order valence-corrected chi connectivity index (χ0v) is 10.9. The van der Waals surface area contributed by atoms with Crippen molar-refractivity contribution in [3.05, 3.63) is 34.9 Å². The number of benzene rings is 1. The number of rotatable bonds is 3. The van der Waals surface area contributed by atoms with Crippen LogP contribution < -0.4 is 10.6 Å². The van der Waals surface area contributed by atoms with Crippen molar-refractivity contribution in [2.45, 2.75) is 26.0 Å². The molecular formula is C14H22N2O. The number of likely N-dealkylation sites (N-methyl/N-ethyl adjacent to an activating group) is 1. The molecule has 17 heavy (non-hydrogen) atoms. The molecule has 0 bridgehead atoms. The maximum absolute atomic E-state index is 5.86. The van der Waals surface area contributed by atoms with Crippen molar-refractivity contribution < 1.29 is 4.74 Å². The lowest BCUT2D eigenvalue weighted by Crippen LogP contribution is -2.45. The van der Waals surface area contributed by atoms with Crippen LogP contribution >= 0.6 is 0 Å². The molecule has 2 atom stereocenters. The summed E-state index contributed by atoms with van der Waals surface area (Å²) in [5, 5.41) is 6.78. The summed E-state index contributed by atoms with van der Waals surface area (Å²) in [6.07, 6.45) is 0.217. The molecule has 2 N–H and O–H groups in total. The standard InChI is InChI=1S/C14H22N2O/c1-10-4-5-11(2)12(8-10)14(15-3)13-9-16-6-7-17-13/h4-5,8,13-16H,6-7,9H2,1-3H3. The molecule has 1 heterocycles. The number of hydrogen-bond acceptors (Lipinski definition) is 3. The first-order valence-electron chi connectivity index (χ1n) is 6.29. The molecule has 3 heteroatoms. The number of aryl methyl sites for hydroxylation is 2. The summed E-state index contributed by atoms with van der Waals surface area (Å²) in [7, 11) is 2.00. The van der Waals surface area contributed by atoms with E-state index in [4.69, 9.17) is 4.74 Å². The van der Waals surface area contributed by atoms with Crippen LogP contribution in [0.4, 0.5) is 0 Å². The SMILES string of the molecule is CNC(c1cc(C)ccc1C)C1CNCCO1. The average molecular weight is 234 g/mol. The number of nitrogens with one attached hydrogen (secondary N) is 2. The lowest BCUT2D eigenvalue weighted by Gasteiger charge is -2.32. The lowest BCUT2D eigenvalue weighted by molar-refractivity contribution is 0.00524. The largest absolute Gasteiger partial charge is 0.374 e. The molecule has 2 rings (SSSR count). The third-order valence-electron chi connectivity index (χ3n) is 3.41. The molecule has 1 saturated heterocycles. The second kappa shape index (κ2) is 5.63. The maximum atomic E-state index is 5.86. The summed E-state index contributed by atoms with van der Waals surface area (Å²) in [4.78, 5) is 0. The van der Waals surface area contributed by atoms with E-state index in [-0.39, 0.29) is 12.1 Å². The predicted octanol–water partition coefficient (Wildman–Crippen LogP) is 1.55. The Labute approximate surface area is 104 Å². The summed E-state index contributed by atoms with van der Waals surface area (Å²) in [6, 6.07) is 6.87. The Kier molecular flexibility index (Phi) is 4.15. The first-order chi connectivity index (χ1) is 8.22. The predicted molar refractivity (Wildman–Crippen MR) is 70.3 cm³/mol. The molecule has 3 nitrogen and oxygen atoms in total. The van der Waals surface area contributed by atoms with Crippen LogP contribution in [0.15, 0.2) is 18.2 Å². The van der Waals surface area contributed by atoms with Gasteiger partial charge in [0.2, 0.25) is 0 Å². The van der Waals surface area contributed by atoms with E-state index < -0.39 is 0 Å². The van der Waals surface area contributed by atoms with Crippen LogP contribution in [-0.2, 0) is 4.74 Å². The van der Waals surface area contributed by atoms with Crippen molar-refractivity contribution in [3.63, 3.8) is 0 Å². The van der Waals surface area contributed by atoms with E-state index in [1.807, 2.05) is 7.05 Å². The summed E-state index contributed by atoms with van der Waals surface area (Å²) in [6.45, 7) is 6.97. The molecule has 0 aromatic heterocycles. The van der Waals surface area contributed by atoms with Gasteiger partial charge in [-0.1, -0.05) is 23.8 Å². The Morgan fingerprint density at radius 3 is 2.88 bits per heavy atom. The van der Waals surface area contributed by atoms with E-state index in [0.29, 0.717) is 0 Å². The fourth-order valence-corrected chi connectivity index (χ4v) is 2.44. The van der Waals surface area contributed by atoms with Crippen LogP contribution in [0.2, 0.25) is 0 Å². The summed E-state index contributed by atoms with van der Waals surface area (Å²) in [5.41, 5.74) is 3.97. The first kappa shape index (κ1) is 12.6. The van der Waals surface area contributed by atoms with E-state index in [1.54, 1.807) is 0 Å². The fourth-order valence-electron chi connectivity index (χ4n) is 2.44. The Balaban J connectivity index is 2.24. The Morgan fingerprint density at radius 2 is 2.24 bits per heavy atom. The van der Waals surface area contributed by atoms with E-state index in [2.05, 4.69) is 42.7 Å². The van der Waals surface area contributed by atoms with Gasteiger partial charge in [0, 0.05) is 13.1 Å². The summed E-state index contributed by atoms with van der Waals surface area (Å²) in [5.74, 6) is 0. The van der Waals surface area contributed by atoms with E-state index in [9.17, 15) is 0 Å². The van der Waals surface area contributed by atoms with Gasteiger partial charge in [-0.3, -0.25) is 0 Å². The van der Waals surface area contributed by atoms with E-state index in [1.165, 1.54) is 16.7 Å². The Morgan fingerprint density at radius 1 is 1.41 bits per heavy atom. The Hall–Kier alpha value is -0.900. The minimum absolute atomic E-state index is 0.217. The highest BCUT2D eigenvalue weighted by Crippen LogP contribution is 2.24. The molecule has 1 fully saturated rings. The highest BCUT2D eigenvalue weighted by atomic mass is 16.5. The monoisotopic (exact) mass is 234 g/mol. The van der Waals surface area contributed by atoms with Gasteiger partial charge in [-0.15, -0.1) is 0 Å². The molecule has 2 unspecified atom stereocenters. The van der Waals surface area contributed by atoms with Gasteiger partial charge in [0.1, 0.15) is 0 Å². The zero-order chi connectivity index (χ0) is 12.3. The third kappa shape index (κ3) is 2.86.